The van der Waals surface area contributed by atoms with Crippen molar-refractivity contribution in [2.24, 2.45) is 5.92 Å². The molecule has 1 N–H and O–H groups in total. The fourth-order valence-electron chi connectivity index (χ4n) is 3.43. The fourth-order valence-corrected chi connectivity index (χ4v) is 3.43. The highest BCUT2D eigenvalue weighted by atomic mass is 15.2. The summed E-state index contributed by atoms with van der Waals surface area (Å²) in [6.45, 7) is 4.54. The third kappa shape index (κ3) is 2.94. The minimum absolute atomic E-state index is 0.825. The first-order valence-corrected chi connectivity index (χ1v) is 8.76. The largest absolute Gasteiger partial charge is 0.356 e. The molecule has 3 heteroatoms. The van der Waals surface area contributed by atoms with Crippen molar-refractivity contribution in [2.75, 3.05) is 23.3 Å². The van der Waals surface area contributed by atoms with E-state index in [0.717, 1.165) is 36.2 Å². The van der Waals surface area contributed by atoms with Gasteiger partial charge >= 0.3 is 0 Å². The van der Waals surface area contributed by atoms with E-state index in [-0.39, 0.29) is 0 Å². The van der Waals surface area contributed by atoms with Crippen molar-refractivity contribution in [1.29, 1.82) is 0 Å². The van der Waals surface area contributed by atoms with Gasteiger partial charge in [-0.3, -0.25) is 0 Å². The minimum Gasteiger partial charge on any atom is -0.356 e. The molecule has 1 aliphatic heterocycles. The van der Waals surface area contributed by atoms with Crippen LogP contribution in [0.3, 0.4) is 0 Å². The molecule has 0 bridgehead atoms. The SMILES string of the molecule is CC1CCN(c2ncc(Nc3ccccc3)c3ccccc23)CC1. The molecular weight excluding hydrogens is 294 g/mol. The molecule has 24 heavy (non-hydrogen) atoms. The highest BCUT2D eigenvalue weighted by Crippen LogP contribution is 2.33. The maximum absolute atomic E-state index is 4.82. The summed E-state index contributed by atoms with van der Waals surface area (Å²) in [5.41, 5.74) is 2.15. The fraction of sp³-hybridized carbons (Fsp3) is 0.286. The first-order chi connectivity index (χ1) is 11.8. The summed E-state index contributed by atoms with van der Waals surface area (Å²) in [6.07, 6.45) is 4.47. The lowest BCUT2D eigenvalue weighted by Crippen LogP contribution is -2.33. The minimum atomic E-state index is 0.825. The van der Waals surface area contributed by atoms with Crippen LogP contribution in [0.4, 0.5) is 17.2 Å². The van der Waals surface area contributed by atoms with Crippen LogP contribution in [-0.4, -0.2) is 18.1 Å². The molecule has 0 saturated carbocycles. The molecule has 3 nitrogen and oxygen atoms in total. The van der Waals surface area contributed by atoms with Gasteiger partial charge in [0.15, 0.2) is 0 Å². The Kier molecular flexibility index (Phi) is 4.08. The molecule has 1 fully saturated rings. The van der Waals surface area contributed by atoms with Gasteiger partial charge in [0.25, 0.3) is 0 Å². The van der Waals surface area contributed by atoms with E-state index in [1.807, 2.05) is 24.4 Å². The van der Waals surface area contributed by atoms with Gasteiger partial charge in [-0.05, 0) is 30.9 Å². The molecule has 2 aromatic carbocycles. The Morgan fingerprint density at radius 2 is 1.58 bits per heavy atom. The summed E-state index contributed by atoms with van der Waals surface area (Å²) in [5.74, 6) is 1.95. The zero-order chi connectivity index (χ0) is 16.4. The third-order valence-corrected chi connectivity index (χ3v) is 4.91. The number of anilines is 3. The lowest BCUT2D eigenvalue weighted by atomic mass is 9.99. The maximum atomic E-state index is 4.82. The average Bonchev–Trinajstić information content (AvgIpc) is 2.64. The predicted molar refractivity (Wildman–Crippen MR) is 102 cm³/mol. The Morgan fingerprint density at radius 3 is 2.33 bits per heavy atom. The van der Waals surface area contributed by atoms with Gasteiger partial charge in [-0.1, -0.05) is 49.4 Å². The lowest BCUT2D eigenvalue weighted by Gasteiger charge is -2.32. The lowest BCUT2D eigenvalue weighted by molar-refractivity contribution is 0.437. The van der Waals surface area contributed by atoms with Crippen molar-refractivity contribution in [3.05, 3.63) is 60.8 Å². The van der Waals surface area contributed by atoms with Crippen molar-refractivity contribution in [3.63, 3.8) is 0 Å². The Balaban J connectivity index is 1.72. The molecule has 1 aromatic heterocycles. The number of rotatable bonds is 3. The summed E-state index contributed by atoms with van der Waals surface area (Å²) < 4.78 is 0. The van der Waals surface area contributed by atoms with Gasteiger partial charge in [0.2, 0.25) is 0 Å². The highest BCUT2D eigenvalue weighted by Gasteiger charge is 2.19. The van der Waals surface area contributed by atoms with Crippen molar-refractivity contribution >= 4 is 28.0 Å². The number of aromatic nitrogens is 1. The van der Waals surface area contributed by atoms with Crippen LogP contribution in [0.1, 0.15) is 19.8 Å². The number of pyridine rings is 1. The summed E-state index contributed by atoms with van der Waals surface area (Å²) in [6, 6.07) is 18.8. The van der Waals surface area contributed by atoms with E-state index in [1.54, 1.807) is 0 Å². The molecule has 1 aliphatic rings. The normalized spacial score (nSPS) is 15.6. The van der Waals surface area contributed by atoms with E-state index in [2.05, 4.69) is 53.5 Å². The zero-order valence-electron chi connectivity index (χ0n) is 14.1. The van der Waals surface area contributed by atoms with Crippen LogP contribution < -0.4 is 10.2 Å². The third-order valence-electron chi connectivity index (χ3n) is 4.91. The van der Waals surface area contributed by atoms with E-state index >= 15 is 0 Å². The Labute approximate surface area is 143 Å². The van der Waals surface area contributed by atoms with Crippen LogP contribution in [0.15, 0.2) is 60.8 Å². The van der Waals surface area contributed by atoms with Gasteiger partial charge in [-0.15, -0.1) is 0 Å². The Bertz CT molecular complexity index is 821. The van der Waals surface area contributed by atoms with Gasteiger partial charge in [0.05, 0.1) is 11.9 Å². The molecule has 3 aromatic rings. The molecule has 0 aliphatic carbocycles. The number of para-hydroxylation sites is 1. The Morgan fingerprint density at radius 1 is 0.917 bits per heavy atom. The van der Waals surface area contributed by atoms with Crippen LogP contribution in [0, 0.1) is 5.92 Å². The van der Waals surface area contributed by atoms with E-state index in [0.29, 0.717) is 0 Å². The second-order valence-electron chi connectivity index (χ2n) is 6.70. The Hall–Kier alpha value is -2.55. The number of piperidine rings is 1. The van der Waals surface area contributed by atoms with E-state index in [1.165, 1.54) is 23.6 Å². The second-order valence-corrected chi connectivity index (χ2v) is 6.70. The molecule has 0 atom stereocenters. The molecule has 0 amide bonds. The zero-order valence-corrected chi connectivity index (χ0v) is 14.1. The quantitative estimate of drug-likeness (QED) is 0.718. The molecule has 122 valence electrons. The maximum Gasteiger partial charge on any atom is 0.136 e. The molecule has 0 unspecified atom stereocenters. The first kappa shape index (κ1) is 15.0. The second kappa shape index (κ2) is 6.52. The number of fused-ring (bicyclic) bond motifs is 1. The summed E-state index contributed by atoms with van der Waals surface area (Å²) in [5, 5.41) is 5.96. The van der Waals surface area contributed by atoms with Crippen molar-refractivity contribution < 1.29 is 0 Å². The summed E-state index contributed by atoms with van der Waals surface area (Å²) in [4.78, 5) is 7.25. The highest BCUT2D eigenvalue weighted by molar-refractivity contribution is 6.01. The average molecular weight is 317 g/mol. The molecule has 0 radical (unpaired) electrons. The number of hydrogen-bond donors (Lipinski definition) is 1. The van der Waals surface area contributed by atoms with Crippen LogP contribution in [0.2, 0.25) is 0 Å². The predicted octanol–water partition coefficient (Wildman–Crippen LogP) is 5.21. The number of benzene rings is 2. The first-order valence-electron chi connectivity index (χ1n) is 8.76. The smallest absolute Gasteiger partial charge is 0.136 e. The van der Waals surface area contributed by atoms with Crippen LogP contribution in [0.25, 0.3) is 10.8 Å². The van der Waals surface area contributed by atoms with Gasteiger partial charge in [-0.25, -0.2) is 4.98 Å². The van der Waals surface area contributed by atoms with Gasteiger partial charge in [0.1, 0.15) is 5.82 Å². The van der Waals surface area contributed by atoms with Crippen LogP contribution in [-0.2, 0) is 0 Å². The van der Waals surface area contributed by atoms with E-state index in [4.69, 9.17) is 4.98 Å². The van der Waals surface area contributed by atoms with E-state index in [9.17, 15) is 0 Å². The molecule has 0 spiro atoms. The van der Waals surface area contributed by atoms with Crippen molar-refractivity contribution in [2.45, 2.75) is 19.8 Å². The van der Waals surface area contributed by atoms with Gasteiger partial charge in [0, 0.05) is 29.5 Å². The number of nitrogens with one attached hydrogen (secondary N) is 1. The van der Waals surface area contributed by atoms with Crippen molar-refractivity contribution in [1.82, 2.24) is 4.98 Å². The number of nitrogens with zero attached hydrogens (tertiary/aromatic N) is 2. The van der Waals surface area contributed by atoms with Gasteiger partial charge in [-0.2, -0.15) is 0 Å². The van der Waals surface area contributed by atoms with Crippen LogP contribution >= 0.6 is 0 Å². The topological polar surface area (TPSA) is 28.2 Å². The molecule has 1 saturated heterocycles. The monoisotopic (exact) mass is 317 g/mol. The standard InChI is InChI=1S/C21H23N3/c1-16-11-13-24(14-12-16)21-19-10-6-5-9-18(19)20(15-22-21)23-17-7-3-2-4-8-17/h2-10,15-16,23H,11-14H2,1H3. The molecular formula is C21H23N3. The van der Waals surface area contributed by atoms with Crippen molar-refractivity contribution in [3.8, 4) is 0 Å². The summed E-state index contributed by atoms with van der Waals surface area (Å²) in [7, 11) is 0. The molecule has 2 heterocycles. The summed E-state index contributed by atoms with van der Waals surface area (Å²) >= 11 is 0. The van der Waals surface area contributed by atoms with E-state index < -0.39 is 0 Å². The van der Waals surface area contributed by atoms with Gasteiger partial charge < -0.3 is 10.2 Å². The van der Waals surface area contributed by atoms with Crippen LogP contribution in [0.5, 0.6) is 0 Å². The molecule has 4 rings (SSSR count). The number of hydrogen-bond acceptors (Lipinski definition) is 3.